The summed E-state index contributed by atoms with van der Waals surface area (Å²) in [5, 5.41) is 16.4. The van der Waals surface area contributed by atoms with Crippen molar-refractivity contribution in [1.82, 2.24) is 9.78 Å². The van der Waals surface area contributed by atoms with Gasteiger partial charge in [0, 0.05) is 5.69 Å². The van der Waals surface area contributed by atoms with Crippen LogP contribution < -0.4 is 10.1 Å². The zero-order valence-electron chi connectivity index (χ0n) is 16.1. The standard InChI is InChI=1S/C22H22N4O2/c1-15(2)28-21-10-9-18(12-23)11-20(21)25-22(27)19-13-24-26(16(19)3)14-17-7-5-4-6-8-17/h4-11,13,15H,14H2,1-3H3,(H,25,27). The van der Waals surface area contributed by atoms with Crippen LogP contribution in [-0.2, 0) is 6.54 Å². The van der Waals surface area contributed by atoms with Gasteiger partial charge in [-0.15, -0.1) is 0 Å². The van der Waals surface area contributed by atoms with Crippen molar-refractivity contribution in [2.45, 2.75) is 33.4 Å². The third-order valence-electron chi connectivity index (χ3n) is 4.24. The molecule has 0 aliphatic rings. The summed E-state index contributed by atoms with van der Waals surface area (Å²) >= 11 is 0. The first kappa shape index (κ1) is 19.2. The van der Waals surface area contributed by atoms with Gasteiger partial charge in [0.05, 0.1) is 41.7 Å². The van der Waals surface area contributed by atoms with Gasteiger partial charge in [-0.2, -0.15) is 10.4 Å². The summed E-state index contributed by atoms with van der Waals surface area (Å²) in [6, 6.07) is 17.0. The first-order chi connectivity index (χ1) is 13.5. The van der Waals surface area contributed by atoms with Crippen molar-refractivity contribution in [3.8, 4) is 11.8 Å². The van der Waals surface area contributed by atoms with Gasteiger partial charge >= 0.3 is 0 Å². The molecule has 0 aliphatic carbocycles. The van der Waals surface area contributed by atoms with Crippen LogP contribution in [-0.4, -0.2) is 21.8 Å². The van der Waals surface area contributed by atoms with Crippen LogP contribution in [0.2, 0.25) is 0 Å². The molecule has 3 aromatic rings. The summed E-state index contributed by atoms with van der Waals surface area (Å²) in [5.41, 5.74) is 3.27. The zero-order chi connectivity index (χ0) is 20.1. The summed E-state index contributed by atoms with van der Waals surface area (Å²) < 4.78 is 7.54. The molecule has 2 aromatic carbocycles. The van der Waals surface area contributed by atoms with E-state index in [1.54, 1.807) is 29.1 Å². The van der Waals surface area contributed by atoms with E-state index in [9.17, 15) is 4.79 Å². The molecule has 6 heteroatoms. The Morgan fingerprint density at radius 1 is 1.25 bits per heavy atom. The quantitative estimate of drug-likeness (QED) is 0.703. The SMILES string of the molecule is Cc1c(C(=O)Nc2cc(C#N)ccc2OC(C)C)cnn1Cc1ccccc1. The molecule has 0 bridgehead atoms. The van der Waals surface area contributed by atoms with Gasteiger partial charge in [-0.3, -0.25) is 9.48 Å². The van der Waals surface area contributed by atoms with E-state index in [0.717, 1.165) is 11.3 Å². The Morgan fingerprint density at radius 3 is 2.68 bits per heavy atom. The predicted octanol–water partition coefficient (Wildman–Crippen LogP) is 4.15. The molecule has 0 fully saturated rings. The number of ether oxygens (including phenoxy) is 1. The van der Waals surface area contributed by atoms with Crippen molar-refractivity contribution < 1.29 is 9.53 Å². The van der Waals surface area contributed by atoms with Crippen molar-refractivity contribution in [1.29, 1.82) is 5.26 Å². The molecule has 1 aromatic heterocycles. The van der Waals surface area contributed by atoms with Crippen molar-refractivity contribution >= 4 is 11.6 Å². The minimum atomic E-state index is -0.291. The van der Waals surface area contributed by atoms with Crippen molar-refractivity contribution in [3.63, 3.8) is 0 Å². The number of nitrogens with zero attached hydrogens (tertiary/aromatic N) is 3. The van der Waals surface area contributed by atoms with Gasteiger partial charge in [0.25, 0.3) is 5.91 Å². The number of rotatable bonds is 6. The maximum Gasteiger partial charge on any atom is 0.259 e. The third kappa shape index (κ3) is 4.38. The topological polar surface area (TPSA) is 79.9 Å². The molecule has 28 heavy (non-hydrogen) atoms. The molecule has 0 saturated heterocycles. The number of anilines is 1. The summed E-state index contributed by atoms with van der Waals surface area (Å²) in [4.78, 5) is 12.8. The number of nitriles is 1. The zero-order valence-corrected chi connectivity index (χ0v) is 16.1. The van der Waals surface area contributed by atoms with E-state index < -0.39 is 0 Å². The van der Waals surface area contributed by atoms with E-state index in [4.69, 9.17) is 10.00 Å². The van der Waals surface area contributed by atoms with Crippen LogP contribution in [0.15, 0.2) is 54.7 Å². The van der Waals surface area contributed by atoms with Crippen molar-refractivity contribution in [3.05, 3.63) is 77.1 Å². The average Bonchev–Trinajstić information content (AvgIpc) is 3.04. The first-order valence-electron chi connectivity index (χ1n) is 9.06. The number of hydrogen-bond acceptors (Lipinski definition) is 4. The summed E-state index contributed by atoms with van der Waals surface area (Å²) in [6.45, 7) is 6.26. The largest absolute Gasteiger partial charge is 0.489 e. The van der Waals surface area contributed by atoms with Crippen LogP contribution in [0.25, 0.3) is 0 Å². The molecule has 0 spiro atoms. The first-order valence-corrected chi connectivity index (χ1v) is 9.06. The lowest BCUT2D eigenvalue weighted by Gasteiger charge is -2.15. The second-order valence-electron chi connectivity index (χ2n) is 6.73. The highest BCUT2D eigenvalue weighted by molar-refractivity contribution is 6.05. The maximum absolute atomic E-state index is 12.8. The number of nitrogens with one attached hydrogen (secondary N) is 1. The van der Waals surface area contributed by atoms with Crippen LogP contribution in [0.3, 0.4) is 0 Å². The normalized spacial score (nSPS) is 10.5. The lowest BCUT2D eigenvalue weighted by atomic mass is 10.1. The fourth-order valence-electron chi connectivity index (χ4n) is 2.83. The van der Waals surface area contributed by atoms with Crippen LogP contribution in [0, 0.1) is 18.3 Å². The summed E-state index contributed by atoms with van der Waals surface area (Å²) in [7, 11) is 0. The lowest BCUT2D eigenvalue weighted by Crippen LogP contribution is -2.16. The molecule has 3 rings (SSSR count). The molecular formula is C22H22N4O2. The van der Waals surface area contributed by atoms with E-state index in [1.165, 1.54) is 0 Å². The Hall–Kier alpha value is -3.59. The minimum absolute atomic E-state index is 0.0565. The van der Waals surface area contributed by atoms with Crippen molar-refractivity contribution in [2.24, 2.45) is 0 Å². The Bertz CT molecular complexity index is 1020. The highest BCUT2D eigenvalue weighted by atomic mass is 16.5. The molecule has 1 heterocycles. The van der Waals surface area contributed by atoms with E-state index in [0.29, 0.717) is 29.1 Å². The molecule has 1 N–H and O–H groups in total. The number of amides is 1. The molecule has 0 saturated carbocycles. The smallest absolute Gasteiger partial charge is 0.259 e. The van der Waals surface area contributed by atoms with Gasteiger partial charge in [0.2, 0.25) is 0 Å². The highest BCUT2D eigenvalue weighted by Gasteiger charge is 2.17. The van der Waals surface area contributed by atoms with E-state index in [2.05, 4.69) is 16.5 Å². The molecule has 6 nitrogen and oxygen atoms in total. The van der Waals surface area contributed by atoms with E-state index in [1.807, 2.05) is 51.1 Å². The Morgan fingerprint density at radius 2 is 2.00 bits per heavy atom. The Labute approximate surface area is 164 Å². The van der Waals surface area contributed by atoms with Gasteiger partial charge in [-0.1, -0.05) is 30.3 Å². The second-order valence-corrected chi connectivity index (χ2v) is 6.73. The van der Waals surface area contributed by atoms with Gasteiger partial charge < -0.3 is 10.1 Å². The molecule has 0 unspecified atom stereocenters. The van der Waals surface area contributed by atoms with Gasteiger partial charge in [-0.05, 0) is 44.5 Å². The third-order valence-corrected chi connectivity index (χ3v) is 4.24. The molecule has 0 radical (unpaired) electrons. The fraction of sp³-hybridized carbons (Fsp3) is 0.227. The second kappa shape index (κ2) is 8.40. The molecule has 142 valence electrons. The van der Waals surface area contributed by atoms with Gasteiger partial charge in [0.15, 0.2) is 0 Å². The van der Waals surface area contributed by atoms with Crippen LogP contribution in [0.5, 0.6) is 5.75 Å². The summed E-state index contributed by atoms with van der Waals surface area (Å²) in [6.07, 6.45) is 1.50. The number of benzene rings is 2. The van der Waals surface area contributed by atoms with E-state index >= 15 is 0 Å². The van der Waals surface area contributed by atoms with Crippen LogP contribution >= 0.6 is 0 Å². The van der Waals surface area contributed by atoms with E-state index in [-0.39, 0.29) is 12.0 Å². The maximum atomic E-state index is 12.8. The number of carbonyl (C=O) groups is 1. The lowest BCUT2D eigenvalue weighted by molar-refractivity contribution is 0.102. The monoisotopic (exact) mass is 374 g/mol. The number of aromatic nitrogens is 2. The van der Waals surface area contributed by atoms with Gasteiger partial charge in [-0.25, -0.2) is 0 Å². The molecule has 1 amide bonds. The van der Waals surface area contributed by atoms with Gasteiger partial charge in [0.1, 0.15) is 5.75 Å². The summed E-state index contributed by atoms with van der Waals surface area (Å²) in [5.74, 6) is 0.234. The highest BCUT2D eigenvalue weighted by Crippen LogP contribution is 2.27. The Kier molecular flexibility index (Phi) is 5.75. The van der Waals surface area contributed by atoms with Crippen LogP contribution in [0.4, 0.5) is 5.69 Å². The predicted molar refractivity (Wildman–Crippen MR) is 107 cm³/mol. The number of carbonyl (C=O) groups excluding carboxylic acids is 1. The average molecular weight is 374 g/mol. The number of hydrogen-bond donors (Lipinski definition) is 1. The molecular weight excluding hydrogens is 352 g/mol. The minimum Gasteiger partial charge on any atom is -0.489 e. The fourth-order valence-corrected chi connectivity index (χ4v) is 2.83. The van der Waals surface area contributed by atoms with Crippen molar-refractivity contribution in [2.75, 3.05) is 5.32 Å². The Balaban J connectivity index is 1.83. The molecule has 0 atom stereocenters. The molecule has 0 aliphatic heterocycles. The van der Waals surface area contributed by atoms with Crippen LogP contribution in [0.1, 0.15) is 41.0 Å².